The Morgan fingerprint density at radius 2 is 2.10 bits per heavy atom. The summed E-state index contributed by atoms with van der Waals surface area (Å²) in [6.07, 6.45) is 1.29. The molecule has 0 aliphatic carbocycles. The average molecular weight is 293 g/mol. The van der Waals surface area contributed by atoms with Crippen molar-refractivity contribution >= 4 is 23.6 Å². The van der Waals surface area contributed by atoms with Crippen LogP contribution < -0.4 is 16.0 Å². The molecule has 5 N–H and O–H groups in total. The Labute approximate surface area is 120 Å². The smallest absolute Gasteiger partial charge is 0.339 e. The summed E-state index contributed by atoms with van der Waals surface area (Å²) >= 11 is 0. The van der Waals surface area contributed by atoms with E-state index in [1.807, 2.05) is 0 Å². The van der Waals surface area contributed by atoms with Gasteiger partial charge in [-0.05, 0) is 25.0 Å². The molecule has 1 saturated heterocycles. The third kappa shape index (κ3) is 3.41. The van der Waals surface area contributed by atoms with Crippen LogP contribution >= 0.6 is 0 Å². The van der Waals surface area contributed by atoms with Crippen LogP contribution in [0, 0.1) is 0 Å². The van der Waals surface area contributed by atoms with Gasteiger partial charge in [-0.25, -0.2) is 9.59 Å². The molecule has 0 aromatic heterocycles. The lowest BCUT2D eigenvalue weighted by Crippen LogP contribution is -2.51. The molecule has 8 nitrogen and oxygen atoms in total. The van der Waals surface area contributed by atoms with Gasteiger partial charge in [0.1, 0.15) is 11.6 Å². The van der Waals surface area contributed by atoms with Crippen molar-refractivity contribution in [3.63, 3.8) is 0 Å². The number of carbonyl (C=O) groups is 3. The van der Waals surface area contributed by atoms with Crippen LogP contribution in [0.15, 0.2) is 18.2 Å². The van der Waals surface area contributed by atoms with Gasteiger partial charge in [0.15, 0.2) is 5.75 Å². The number of nitrogens with one attached hydrogen (secondary N) is 3. The molecule has 0 radical (unpaired) electrons. The number of hydrogen-bond acceptors (Lipinski definition) is 4. The van der Waals surface area contributed by atoms with Gasteiger partial charge < -0.3 is 26.2 Å². The van der Waals surface area contributed by atoms with Gasteiger partial charge in [0.25, 0.3) is 0 Å². The zero-order valence-electron chi connectivity index (χ0n) is 11.0. The Balaban J connectivity index is 2.04. The number of anilines is 1. The van der Waals surface area contributed by atoms with Gasteiger partial charge in [-0.1, -0.05) is 6.07 Å². The Kier molecular flexibility index (Phi) is 4.27. The number of urea groups is 1. The molecular weight excluding hydrogens is 278 g/mol. The predicted molar refractivity (Wildman–Crippen MR) is 73.3 cm³/mol. The fourth-order valence-corrected chi connectivity index (χ4v) is 2.04. The van der Waals surface area contributed by atoms with E-state index in [9.17, 15) is 19.5 Å². The molecule has 0 bridgehead atoms. The molecule has 1 fully saturated rings. The monoisotopic (exact) mass is 293 g/mol. The predicted octanol–water partition coefficient (Wildman–Crippen LogP) is 0.490. The number of amides is 3. The topological polar surface area (TPSA) is 128 Å². The van der Waals surface area contributed by atoms with E-state index in [1.165, 1.54) is 18.2 Å². The van der Waals surface area contributed by atoms with Crippen molar-refractivity contribution in [3.05, 3.63) is 23.8 Å². The average Bonchev–Trinajstić information content (AvgIpc) is 2.43. The molecule has 1 aliphatic rings. The van der Waals surface area contributed by atoms with Crippen molar-refractivity contribution in [1.29, 1.82) is 0 Å². The Bertz CT molecular complexity index is 587. The van der Waals surface area contributed by atoms with Gasteiger partial charge in [-0.15, -0.1) is 0 Å². The molecule has 1 aromatic carbocycles. The first-order chi connectivity index (χ1) is 9.99. The maximum atomic E-state index is 11.8. The highest BCUT2D eigenvalue weighted by atomic mass is 16.4. The van der Waals surface area contributed by atoms with Crippen LogP contribution in [0.3, 0.4) is 0 Å². The number of carbonyl (C=O) groups excluding carboxylic acids is 2. The summed E-state index contributed by atoms with van der Waals surface area (Å²) in [4.78, 5) is 34.2. The van der Waals surface area contributed by atoms with E-state index in [4.69, 9.17) is 5.11 Å². The summed E-state index contributed by atoms with van der Waals surface area (Å²) in [6.45, 7) is 0.583. The molecule has 2 rings (SSSR count). The summed E-state index contributed by atoms with van der Waals surface area (Å²) in [5.41, 5.74) is -0.355. The standard InChI is InChI=1S/C13H15N3O5/c17-10-7(12(19)20)3-1-4-8(10)15-13(21)16-9-5-2-6-14-11(9)18/h1,3-4,9,17H,2,5-6H2,(H,14,18)(H,19,20)(H2,15,16,21). The van der Waals surface area contributed by atoms with Gasteiger partial charge >= 0.3 is 12.0 Å². The molecular formula is C13H15N3O5. The van der Waals surface area contributed by atoms with Crippen molar-refractivity contribution in [1.82, 2.24) is 10.6 Å². The van der Waals surface area contributed by atoms with Crippen LogP contribution in [0.5, 0.6) is 5.75 Å². The van der Waals surface area contributed by atoms with Crippen molar-refractivity contribution in [2.75, 3.05) is 11.9 Å². The summed E-state index contributed by atoms with van der Waals surface area (Å²) in [5.74, 6) is -2.10. The maximum Gasteiger partial charge on any atom is 0.339 e. The van der Waals surface area contributed by atoms with Crippen LogP contribution in [-0.2, 0) is 4.79 Å². The third-order valence-corrected chi connectivity index (χ3v) is 3.11. The molecule has 3 amide bonds. The molecule has 1 atom stereocenters. The van der Waals surface area contributed by atoms with Gasteiger partial charge in [-0.3, -0.25) is 4.79 Å². The van der Waals surface area contributed by atoms with Gasteiger partial charge in [0.2, 0.25) is 5.91 Å². The molecule has 112 valence electrons. The number of para-hydroxylation sites is 1. The number of carboxylic acid groups (broad SMARTS) is 1. The largest absolute Gasteiger partial charge is 0.505 e. The number of aromatic carboxylic acids is 1. The van der Waals surface area contributed by atoms with Crippen LogP contribution in [0.25, 0.3) is 0 Å². The van der Waals surface area contributed by atoms with E-state index < -0.39 is 23.8 Å². The number of phenols is 1. The molecule has 1 unspecified atom stereocenters. The van der Waals surface area contributed by atoms with E-state index in [0.29, 0.717) is 13.0 Å². The maximum absolute atomic E-state index is 11.8. The van der Waals surface area contributed by atoms with Crippen molar-refractivity contribution in [2.24, 2.45) is 0 Å². The van der Waals surface area contributed by atoms with Gasteiger partial charge in [0, 0.05) is 6.54 Å². The lowest BCUT2D eigenvalue weighted by atomic mass is 10.1. The summed E-state index contributed by atoms with van der Waals surface area (Å²) in [7, 11) is 0. The first-order valence-corrected chi connectivity index (χ1v) is 6.39. The van der Waals surface area contributed by atoms with Gasteiger partial charge in [0.05, 0.1) is 5.69 Å². The fourth-order valence-electron chi connectivity index (χ4n) is 2.04. The lowest BCUT2D eigenvalue weighted by molar-refractivity contribution is -0.124. The number of piperidine rings is 1. The molecule has 1 heterocycles. The van der Waals surface area contributed by atoms with Crippen LogP contribution in [0.4, 0.5) is 10.5 Å². The van der Waals surface area contributed by atoms with E-state index >= 15 is 0 Å². The second kappa shape index (κ2) is 6.12. The van der Waals surface area contributed by atoms with Crippen molar-refractivity contribution in [2.45, 2.75) is 18.9 Å². The third-order valence-electron chi connectivity index (χ3n) is 3.11. The zero-order chi connectivity index (χ0) is 15.4. The SMILES string of the molecule is O=C(Nc1cccc(C(=O)O)c1O)NC1CCCNC1=O. The highest BCUT2D eigenvalue weighted by molar-refractivity contribution is 5.98. The summed E-state index contributed by atoms with van der Waals surface area (Å²) < 4.78 is 0. The van der Waals surface area contributed by atoms with E-state index in [2.05, 4.69) is 16.0 Å². The molecule has 8 heteroatoms. The minimum atomic E-state index is -1.30. The first-order valence-electron chi connectivity index (χ1n) is 6.39. The highest BCUT2D eigenvalue weighted by Gasteiger charge is 2.24. The molecule has 1 aliphatic heterocycles. The Morgan fingerprint density at radius 3 is 2.76 bits per heavy atom. The molecule has 0 spiro atoms. The number of benzene rings is 1. The second-order valence-corrected chi connectivity index (χ2v) is 4.59. The highest BCUT2D eigenvalue weighted by Crippen LogP contribution is 2.27. The molecule has 21 heavy (non-hydrogen) atoms. The normalized spacial score (nSPS) is 17.7. The Hall–Kier alpha value is -2.77. The van der Waals surface area contributed by atoms with E-state index in [1.54, 1.807) is 0 Å². The Morgan fingerprint density at radius 1 is 1.33 bits per heavy atom. The van der Waals surface area contributed by atoms with Crippen LogP contribution in [-0.4, -0.2) is 40.7 Å². The zero-order valence-corrected chi connectivity index (χ0v) is 11.0. The summed E-state index contributed by atoms with van der Waals surface area (Å²) in [5, 5.41) is 26.1. The lowest BCUT2D eigenvalue weighted by Gasteiger charge is -2.23. The minimum Gasteiger partial charge on any atom is -0.505 e. The van der Waals surface area contributed by atoms with E-state index in [-0.39, 0.29) is 17.2 Å². The number of hydrogen-bond donors (Lipinski definition) is 5. The summed E-state index contributed by atoms with van der Waals surface area (Å²) in [6, 6.07) is 2.66. The molecule has 0 saturated carbocycles. The number of carboxylic acids is 1. The fraction of sp³-hybridized carbons (Fsp3) is 0.308. The van der Waals surface area contributed by atoms with Gasteiger partial charge in [-0.2, -0.15) is 0 Å². The van der Waals surface area contributed by atoms with Crippen molar-refractivity contribution in [3.8, 4) is 5.75 Å². The quantitative estimate of drug-likeness (QED) is 0.518. The number of rotatable bonds is 3. The van der Waals surface area contributed by atoms with Crippen molar-refractivity contribution < 1.29 is 24.6 Å². The van der Waals surface area contributed by atoms with E-state index in [0.717, 1.165) is 6.42 Å². The molecule has 1 aromatic rings. The number of aromatic hydroxyl groups is 1. The van der Waals surface area contributed by atoms with Crippen LogP contribution in [0.1, 0.15) is 23.2 Å². The second-order valence-electron chi connectivity index (χ2n) is 4.59. The first kappa shape index (κ1) is 14.6. The van der Waals surface area contributed by atoms with Crippen LogP contribution in [0.2, 0.25) is 0 Å². The minimum absolute atomic E-state index is 0.0383.